The second-order valence-corrected chi connectivity index (χ2v) is 5.67. The maximum Gasteiger partial charge on any atom is 0.490 e. The van der Waals surface area contributed by atoms with Crippen LogP contribution in [-0.2, 0) is 16.1 Å². The van der Waals surface area contributed by atoms with E-state index in [1.54, 1.807) is 4.68 Å². The minimum Gasteiger partial charge on any atom is -0.475 e. The molecule has 1 aromatic carbocycles. The molecular formula is C16H16ClF4N3O3. The van der Waals surface area contributed by atoms with Crippen molar-refractivity contribution in [2.45, 2.75) is 32.2 Å². The molecule has 0 aliphatic heterocycles. The summed E-state index contributed by atoms with van der Waals surface area (Å²) in [5, 5.41) is 14.0. The maximum absolute atomic E-state index is 12.6. The third-order valence-corrected chi connectivity index (χ3v) is 3.32. The van der Waals surface area contributed by atoms with Gasteiger partial charge in [-0.25, -0.2) is 13.9 Å². The molecule has 1 amide bonds. The fourth-order valence-electron chi connectivity index (χ4n) is 2.00. The van der Waals surface area contributed by atoms with Gasteiger partial charge < -0.3 is 10.4 Å². The molecule has 1 aromatic heterocycles. The molecular weight excluding hydrogens is 394 g/mol. The van der Waals surface area contributed by atoms with Gasteiger partial charge in [0.25, 0.3) is 11.5 Å². The Morgan fingerprint density at radius 2 is 1.85 bits per heavy atom. The number of benzene rings is 1. The van der Waals surface area contributed by atoms with Crippen molar-refractivity contribution in [3.63, 3.8) is 0 Å². The van der Waals surface area contributed by atoms with Crippen LogP contribution in [0, 0.1) is 13.8 Å². The Morgan fingerprint density at radius 3 is 2.30 bits per heavy atom. The van der Waals surface area contributed by atoms with Gasteiger partial charge in [0.1, 0.15) is 0 Å². The summed E-state index contributed by atoms with van der Waals surface area (Å²) in [5.41, 5.74) is 1.55. The van der Waals surface area contributed by atoms with Gasteiger partial charge in [-0.1, -0.05) is 29.8 Å². The number of aliphatic carboxylic acids is 1. The molecule has 11 heteroatoms. The number of amides is 1. The normalized spacial score (nSPS) is 12.0. The minimum atomic E-state index is -5.08. The molecule has 0 saturated carbocycles. The monoisotopic (exact) mass is 409 g/mol. The van der Waals surface area contributed by atoms with Crippen molar-refractivity contribution in [3.05, 3.63) is 47.3 Å². The van der Waals surface area contributed by atoms with Gasteiger partial charge in [-0.05, 0) is 31.5 Å². The third-order valence-electron chi connectivity index (χ3n) is 3.12. The van der Waals surface area contributed by atoms with Crippen molar-refractivity contribution < 1.29 is 32.3 Å². The largest absolute Gasteiger partial charge is 0.490 e. The molecule has 2 rings (SSSR count). The number of nitrogens with zero attached hydrogens (tertiary/aromatic N) is 2. The smallest absolute Gasteiger partial charge is 0.475 e. The van der Waals surface area contributed by atoms with E-state index in [0.717, 1.165) is 22.6 Å². The first-order chi connectivity index (χ1) is 12.4. The van der Waals surface area contributed by atoms with Gasteiger partial charge in [0.2, 0.25) is 0 Å². The summed E-state index contributed by atoms with van der Waals surface area (Å²) in [6.45, 7) is 4.06. The second-order valence-electron chi connectivity index (χ2n) is 5.29. The molecule has 27 heavy (non-hydrogen) atoms. The summed E-state index contributed by atoms with van der Waals surface area (Å²) in [7, 11) is 0. The van der Waals surface area contributed by atoms with Crippen molar-refractivity contribution >= 4 is 23.5 Å². The molecule has 2 N–H and O–H groups in total. The van der Waals surface area contributed by atoms with Crippen LogP contribution in [0.25, 0.3) is 5.69 Å². The zero-order chi connectivity index (χ0) is 20.8. The Labute approximate surface area is 156 Å². The fraction of sp³-hybridized carbons (Fsp3) is 0.312. The molecule has 0 aliphatic rings. The summed E-state index contributed by atoms with van der Waals surface area (Å²) in [6, 6.07) is 9.45. The van der Waals surface area contributed by atoms with Gasteiger partial charge >= 0.3 is 12.1 Å². The number of carbonyl (C=O) groups is 2. The Bertz CT molecular complexity index is 806. The number of aromatic nitrogens is 2. The molecule has 0 aliphatic carbocycles. The van der Waals surface area contributed by atoms with E-state index in [1.807, 2.05) is 44.2 Å². The number of rotatable bonds is 4. The first-order valence-corrected chi connectivity index (χ1v) is 7.84. The number of carbonyl (C=O) groups excluding carboxylic acids is 1. The molecule has 1 atom stereocenters. The topological polar surface area (TPSA) is 84.2 Å². The van der Waals surface area contributed by atoms with Gasteiger partial charge in [0.15, 0.2) is 0 Å². The number of alkyl halides is 5. The van der Waals surface area contributed by atoms with Crippen LogP contribution in [-0.4, -0.2) is 38.6 Å². The summed E-state index contributed by atoms with van der Waals surface area (Å²) in [4.78, 5) is 20.1. The van der Waals surface area contributed by atoms with Crippen molar-refractivity contribution in [3.8, 4) is 5.69 Å². The molecule has 2 aromatic rings. The zero-order valence-corrected chi connectivity index (χ0v) is 15.0. The van der Waals surface area contributed by atoms with Crippen LogP contribution < -0.4 is 5.32 Å². The Kier molecular flexibility index (Phi) is 7.77. The number of halogens is 5. The number of nitrogens with one attached hydrogen (secondary N) is 1. The predicted octanol–water partition coefficient (Wildman–Crippen LogP) is 3.27. The van der Waals surface area contributed by atoms with Crippen LogP contribution in [0.1, 0.15) is 17.0 Å². The molecule has 1 heterocycles. The van der Waals surface area contributed by atoms with E-state index in [0.29, 0.717) is 0 Å². The van der Waals surface area contributed by atoms with E-state index in [1.165, 1.54) is 0 Å². The molecule has 0 radical (unpaired) electrons. The fourth-order valence-corrected chi connectivity index (χ4v) is 2.08. The lowest BCUT2D eigenvalue weighted by molar-refractivity contribution is -0.192. The van der Waals surface area contributed by atoms with E-state index in [-0.39, 0.29) is 6.54 Å². The molecule has 0 spiro atoms. The molecule has 6 nitrogen and oxygen atoms in total. The van der Waals surface area contributed by atoms with Crippen LogP contribution in [0.2, 0.25) is 0 Å². The molecule has 148 valence electrons. The van der Waals surface area contributed by atoms with Crippen LogP contribution in [0.5, 0.6) is 0 Å². The standard InChI is InChI=1S/C14H15ClFN3O.C2HF3O2/c1-9-7-10(2)19(18-9)12-6-4-3-5-11(12)8-17-14(20)13(15)16;3-2(4,5)1(6)7/h3-7,13H,8H2,1-2H3,(H,17,20);(H,6,7). The summed E-state index contributed by atoms with van der Waals surface area (Å²) < 4.78 is 46.2. The highest BCUT2D eigenvalue weighted by atomic mass is 35.5. The van der Waals surface area contributed by atoms with Crippen molar-refractivity contribution in [1.82, 2.24) is 15.1 Å². The summed E-state index contributed by atoms with van der Waals surface area (Å²) in [5.74, 6) is -3.60. The van der Waals surface area contributed by atoms with Crippen molar-refractivity contribution in [2.24, 2.45) is 0 Å². The third kappa shape index (κ3) is 6.89. The highest BCUT2D eigenvalue weighted by molar-refractivity contribution is 6.29. The Morgan fingerprint density at radius 1 is 1.30 bits per heavy atom. The molecule has 0 saturated heterocycles. The van der Waals surface area contributed by atoms with Crippen LogP contribution in [0.15, 0.2) is 30.3 Å². The predicted molar refractivity (Wildman–Crippen MR) is 89.3 cm³/mol. The molecule has 0 bridgehead atoms. The molecule has 0 fully saturated rings. The minimum absolute atomic E-state index is 0.195. The van der Waals surface area contributed by atoms with Crippen LogP contribution in [0.4, 0.5) is 17.6 Å². The highest BCUT2D eigenvalue weighted by Crippen LogP contribution is 2.17. The van der Waals surface area contributed by atoms with Gasteiger partial charge in [0, 0.05) is 12.2 Å². The number of carboxylic acids is 1. The quantitative estimate of drug-likeness (QED) is 0.599. The first kappa shape index (κ1) is 22.4. The Balaban J connectivity index is 0.000000445. The average molecular weight is 410 g/mol. The summed E-state index contributed by atoms with van der Waals surface area (Å²) >= 11 is 5.08. The van der Waals surface area contributed by atoms with E-state index in [4.69, 9.17) is 21.5 Å². The lowest BCUT2D eigenvalue weighted by Gasteiger charge is -2.12. The van der Waals surface area contributed by atoms with E-state index in [2.05, 4.69) is 10.4 Å². The van der Waals surface area contributed by atoms with Crippen molar-refractivity contribution in [1.29, 1.82) is 0 Å². The number of hydrogen-bond donors (Lipinski definition) is 2. The first-order valence-electron chi connectivity index (χ1n) is 7.41. The lowest BCUT2D eigenvalue weighted by atomic mass is 10.1. The van der Waals surface area contributed by atoms with Crippen LogP contribution in [0.3, 0.4) is 0 Å². The number of aryl methyl sites for hydroxylation is 2. The zero-order valence-electron chi connectivity index (χ0n) is 14.2. The average Bonchev–Trinajstić information content (AvgIpc) is 2.90. The van der Waals surface area contributed by atoms with Gasteiger partial charge in [-0.15, -0.1) is 0 Å². The maximum atomic E-state index is 12.6. The van der Waals surface area contributed by atoms with Crippen molar-refractivity contribution in [2.75, 3.05) is 0 Å². The van der Waals surface area contributed by atoms with Gasteiger partial charge in [0.05, 0.1) is 11.4 Å². The van der Waals surface area contributed by atoms with E-state index >= 15 is 0 Å². The number of hydrogen-bond acceptors (Lipinski definition) is 3. The Hall–Kier alpha value is -2.62. The summed E-state index contributed by atoms with van der Waals surface area (Å²) in [6.07, 6.45) is -5.08. The highest BCUT2D eigenvalue weighted by Gasteiger charge is 2.38. The van der Waals surface area contributed by atoms with Gasteiger partial charge in [-0.2, -0.15) is 18.3 Å². The van der Waals surface area contributed by atoms with Gasteiger partial charge in [-0.3, -0.25) is 4.79 Å². The number of para-hydroxylation sites is 1. The van der Waals surface area contributed by atoms with E-state index < -0.39 is 23.7 Å². The molecule has 1 unspecified atom stereocenters. The second kappa shape index (κ2) is 9.36. The lowest BCUT2D eigenvalue weighted by Crippen LogP contribution is -2.28. The van der Waals surface area contributed by atoms with Crippen LogP contribution >= 0.6 is 11.6 Å². The van der Waals surface area contributed by atoms with E-state index in [9.17, 15) is 22.4 Å². The number of carboxylic acid groups (broad SMARTS) is 1. The SMILES string of the molecule is Cc1cc(C)n(-c2ccccc2CNC(=O)C(F)Cl)n1.O=C(O)C(F)(F)F.